The van der Waals surface area contributed by atoms with Crippen LogP contribution < -0.4 is 4.72 Å². The molecule has 0 radical (unpaired) electrons. The van der Waals surface area contributed by atoms with Crippen molar-refractivity contribution in [3.05, 3.63) is 14.9 Å². The number of hydrogen-bond donors (Lipinski definition) is 1. The van der Waals surface area contributed by atoms with Gasteiger partial charge in [0.1, 0.15) is 4.21 Å². The molecule has 3 rings (SSSR count). The number of nitrogens with zero attached hydrogens (tertiary/aromatic N) is 1. The van der Waals surface area contributed by atoms with Crippen LogP contribution in [0, 0.1) is 0 Å². The van der Waals surface area contributed by atoms with Gasteiger partial charge in [0.25, 0.3) is 0 Å². The zero-order valence-corrected chi connectivity index (χ0v) is 14.1. The quantitative estimate of drug-likeness (QED) is 0.867. The summed E-state index contributed by atoms with van der Waals surface area (Å²) in [7, 11) is -3.45. The predicted octanol–water partition coefficient (Wildman–Crippen LogP) is 2.68. The monoisotopic (exact) mass is 384 g/mol. The molecule has 1 saturated heterocycles. The summed E-state index contributed by atoms with van der Waals surface area (Å²) in [4.78, 5) is 2.38. The van der Waals surface area contributed by atoms with Gasteiger partial charge in [0.15, 0.2) is 0 Å². The van der Waals surface area contributed by atoms with E-state index in [0.717, 1.165) is 30.8 Å². The lowest BCUT2D eigenvalue weighted by atomic mass is 10.3. The standard InChI is InChI=1S/C11H14BrClN2O2S2/c12-11-9(13)5-10(18-11)19(16,17)14-7-3-4-15(6-7)8-1-2-8/h5,7-8,14H,1-4,6H2. The summed E-state index contributed by atoms with van der Waals surface area (Å²) in [5, 5.41) is 0.441. The maximum atomic E-state index is 12.2. The molecule has 2 fully saturated rings. The van der Waals surface area contributed by atoms with Crippen molar-refractivity contribution in [3.8, 4) is 0 Å². The average Bonchev–Trinajstić information content (AvgIpc) is 3.00. The van der Waals surface area contributed by atoms with E-state index in [0.29, 0.717) is 14.9 Å². The third-order valence-electron chi connectivity index (χ3n) is 3.49. The van der Waals surface area contributed by atoms with Gasteiger partial charge < -0.3 is 0 Å². The van der Waals surface area contributed by atoms with Crippen molar-refractivity contribution in [3.63, 3.8) is 0 Å². The van der Waals surface area contributed by atoms with Gasteiger partial charge in [0, 0.05) is 25.2 Å². The number of hydrogen-bond acceptors (Lipinski definition) is 4. The number of likely N-dealkylation sites (tertiary alicyclic amines) is 1. The number of sulfonamides is 1. The lowest BCUT2D eigenvalue weighted by Gasteiger charge is -2.15. The molecule has 0 bridgehead atoms. The minimum absolute atomic E-state index is 0.0188. The normalized spacial score (nSPS) is 25.1. The van der Waals surface area contributed by atoms with E-state index < -0.39 is 10.0 Å². The first-order valence-electron chi connectivity index (χ1n) is 6.17. The second-order valence-corrected chi connectivity index (χ2v) is 9.74. The smallest absolute Gasteiger partial charge is 0.250 e. The summed E-state index contributed by atoms with van der Waals surface area (Å²) in [5.41, 5.74) is 0. The van der Waals surface area contributed by atoms with Crippen LogP contribution in [0.2, 0.25) is 5.02 Å². The van der Waals surface area contributed by atoms with Crippen LogP contribution in [0.4, 0.5) is 0 Å². The molecular formula is C11H14BrClN2O2S2. The predicted molar refractivity (Wildman–Crippen MR) is 80.4 cm³/mol. The van der Waals surface area contributed by atoms with E-state index in [1.54, 1.807) is 0 Å². The Balaban J connectivity index is 1.68. The molecule has 19 heavy (non-hydrogen) atoms. The van der Waals surface area contributed by atoms with Gasteiger partial charge in [-0.25, -0.2) is 13.1 Å². The lowest BCUT2D eigenvalue weighted by molar-refractivity contribution is 0.322. The van der Waals surface area contributed by atoms with Crippen LogP contribution in [0.5, 0.6) is 0 Å². The van der Waals surface area contributed by atoms with Crippen LogP contribution in [0.25, 0.3) is 0 Å². The summed E-state index contributed by atoms with van der Waals surface area (Å²) in [6, 6.07) is 2.21. The Kier molecular flexibility index (Phi) is 3.96. The maximum absolute atomic E-state index is 12.2. The number of rotatable bonds is 4. The highest BCUT2D eigenvalue weighted by molar-refractivity contribution is 9.11. The van der Waals surface area contributed by atoms with E-state index in [2.05, 4.69) is 25.6 Å². The highest BCUT2D eigenvalue weighted by Crippen LogP contribution is 2.35. The molecule has 0 spiro atoms. The molecule has 1 saturated carbocycles. The minimum atomic E-state index is -3.45. The number of nitrogens with one attached hydrogen (secondary N) is 1. The molecule has 1 aliphatic carbocycles. The molecule has 2 heterocycles. The first-order valence-corrected chi connectivity index (χ1v) is 9.64. The summed E-state index contributed by atoms with van der Waals surface area (Å²) >= 11 is 10.3. The lowest BCUT2D eigenvalue weighted by Crippen LogP contribution is -2.37. The molecular weight excluding hydrogens is 372 g/mol. The SMILES string of the molecule is O=S(=O)(NC1CCN(C2CC2)C1)c1cc(Cl)c(Br)s1. The molecule has 4 nitrogen and oxygen atoms in total. The molecule has 1 aromatic rings. The molecule has 1 atom stereocenters. The molecule has 0 aromatic carbocycles. The van der Waals surface area contributed by atoms with Crippen molar-refractivity contribution in [1.82, 2.24) is 9.62 Å². The van der Waals surface area contributed by atoms with Crippen LogP contribution in [0.1, 0.15) is 19.3 Å². The summed E-state index contributed by atoms with van der Waals surface area (Å²) in [6.07, 6.45) is 3.40. The summed E-state index contributed by atoms with van der Waals surface area (Å²) in [5.74, 6) is 0. The van der Waals surface area contributed by atoms with Gasteiger partial charge in [-0.2, -0.15) is 0 Å². The highest BCUT2D eigenvalue weighted by atomic mass is 79.9. The summed E-state index contributed by atoms with van der Waals surface area (Å²) < 4.78 is 28.2. The van der Waals surface area contributed by atoms with E-state index in [-0.39, 0.29) is 10.3 Å². The van der Waals surface area contributed by atoms with Crippen LogP contribution in [-0.4, -0.2) is 38.5 Å². The highest BCUT2D eigenvalue weighted by Gasteiger charge is 2.36. The molecule has 1 N–H and O–H groups in total. The summed E-state index contributed by atoms with van der Waals surface area (Å²) in [6.45, 7) is 1.82. The second-order valence-electron chi connectivity index (χ2n) is 5.02. The average molecular weight is 386 g/mol. The largest absolute Gasteiger partial charge is 0.299 e. The van der Waals surface area contributed by atoms with Crippen molar-refractivity contribution < 1.29 is 8.42 Å². The third-order valence-corrected chi connectivity index (χ3v) is 7.96. The topological polar surface area (TPSA) is 49.4 Å². The van der Waals surface area contributed by atoms with Crippen molar-refractivity contribution >= 4 is 48.9 Å². The zero-order chi connectivity index (χ0) is 13.6. The van der Waals surface area contributed by atoms with Crippen LogP contribution >= 0.6 is 38.9 Å². The van der Waals surface area contributed by atoms with Gasteiger partial charge in [-0.1, -0.05) is 11.6 Å². The van der Waals surface area contributed by atoms with Gasteiger partial charge >= 0.3 is 0 Å². The van der Waals surface area contributed by atoms with Crippen molar-refractivity contribution in [2.75, 3.05) is 13.1 Å². The van der Waals surface area contributed by atoms with Gasteiger partial charge in [-0.15, -0.1) is 11.3 Å². The van der Waals surface area contributed by atoms with Crippen molar-refractivity contribution in [1.29, 1.82) is 0 Å². The Bertz CT molecular complexity index is 566. The maximum Gasteiger partial charge on any atom is 0.250 e. The van der Waals surface area contributed by atoms with Crippen LogP contribution in [-0.2, 0) is 10.0 Å². The van der Waals surface area contributed by atoms with E-state index in [9.17, 15) is 8.42 Å². The Labute approximate surface area is 130 Å². The molecule has 8 heteroatoms. The van der Waals surface area contributed by atoms with Crippen molar-refractivity contribution in [2.24, 2.45) is 0 Å². The fourth-order valence-corrected chi connectivity index (χ4v) is 6.07. The number of thiophene rings is 1. The van der Waals surface area contributed by atoms with Gasteiger partial charge in [0.2, 0.25) is 10.0 Å². The molecule has 1 unspecified atom stereocenters. The van der Waals surface area contributed by atoms with E-state index in [1.165, 1.54) is 18.9 Å². The molecule has 1 aromatic heterocycles. The van der Waals surface area contributed by atoms with Gasteiger partial charge in [-0.3, -0.25) is 4.90 Å². The van der Waals surface area contributed by atoms with Crippen LogP contribution in [0.15, 0.2) is 14.1 Å². The van der Waals surface area contributed by atoms with Crippen LogP contribution in [0.3, 0.4) is 0 Å². The zero-order valence-electron chi connectivity index (χ0n) is 10.1. The first-order chi connectivity index (χ1) is 8.95. The third kappa shape index (κ3) is 3.16. The molecule has 1 aliphatic heterocycles. The Morgan fingerprint density at radius 3 is 2.74 bits per heavy atom. The molecule has 2 aliphatic rings. The first kappa shape index (κ1) is 14.3. The minimum Gasteiger partial charge on any atom is -0.299 e. The van der Waals surface area contributed by atoms with Gasteiger partial charge in [0.05, 0.1) is 8.81 Å². The Hall–Kier alpha value is 0.340. The second kappa shape index (κ2) is 5.27. The Morgan fingerprint density at radius 2 is 2.16 bits per heavy atom. The number of halogens is 2. The molecule has 0 amide bonds. The Morgan fingerprint density at radius 1 is 1.42 bits per heavy atom. The van der Waals surface area contributed by atoms with Crippen molar-refractivity contribution in [2.45, 2.75) is 35.6 Å². The van der Waals surface area contributed by atoms with Gasteiger partial charge in [-0.05, 0) is 41.3 Å². The fourth-order valence-electron chi connectivity index (χ4n) is 2.39. The van der Waals surface area contributed by atoms with E-state index in [1.807, 2.05) is 0 Å². The molecule has 106 valence electrons. The van der Waals surface area contributed by atoms with E-state index >= 15 is 0 Å². The van der Waals surface area contributed by atoms with E-state index in [4.69, 9.17) is 11.6 Å². The fraction of sp³-hybridized carbons (Fsp3) is 0.636.